The summed E-state index contributed by atoms with van der Waals surface area (Å²) in [4.78, 5) is 27.4. The predicted molar refractivity (Wildman–Crippen MR) is 94.2 cm³/mol. The number of nitriles is 1. The Hall–Kier alpha value is -2.35. The van der Waals surface area contributed by atoms with E-state index in [1.165, 1.54) is 6.42 Å². The van der Waals surface area contributed by atoms with E-state index in [1.54, 1.807) is 4.90 Å². The van der Waals surface area contributed by atoms with Crippen LogP contribution in [0, 0.1) is 17.2 Å². The third-order valence-electron chi connectivity index (χ3n) is 5.33. The number of carbonyl (C=O) groups excluding carboxylic acids is 2. The van der Waals surface area contributed by atoms with Crippen LogP contribution in [-0.4, -0.2) is 29.3 Å². The summed E-state index contributed by atoms with van der Waals surface area (Å²) in [6.45, 7) is 0.583. The van der Waals surface area contributed by atoms with E-state index in [0.29, 0.717) is 13.0 Å². The monoisotopic (exact) mass is 339 g/mol. The molecule has 2 fully saturated rings. The first kappa shape index (κ1) is 17.5. The maximum Gasteiger partial charge on any atom is 0.250 e. The third kappa shape index (κ3) is 4.01. The van der Waals surface area contributed by atoms with Crippen molar-refractivity contribution in [2.24, 2.45) is 5.92 Å². The lowest BCUT2D eigenvalue weighted by Gasteiger charge is -2.29. The molecule has 0 spiro atoms. The highest BCUT2D eigenvalue weighted by Gasteiger charge is 2.35. The van der Waals surface area contributed by atoms with Crippen LogP contribution in [0.2, 0.25) is 0 Å². The maximum absolute atomic E-state index is 13.1. The second-order valence-corrected chi connectivity index (χ2v) is 7.01. The lowest BCUT2D eigenvalue weighted by atomic mass is 9.88. The van der Waals surface area contributed by atoms with Crippen molar-refractivity contribution < 1.29 is 9.59 Å². The van der Waals surface area contributed by atoms with E-state index in [4.69, 9.17) is 0 Å². The van der Waals surface area contributed by atoms with Crippen LogP contribution in [-0.2, 0) is 9.59 Å². The van der Waals surface area contributed by atoms with Crippen molar-refractivity contribution in [3.05, 3.63) is 35.9 Å². The predicted octanol–water partition coefficient (Wildman–Crippen LogP) is 2.94. The fraction of sp³-hybridized carbons (Fsp3) is 0.550. The van der Waals surface area contributed by atoms with E-state index in [9.17, 15) is 14.9 Å². The number of hydrogen-bond donors (Lipinski definition) is 1. The van der Waals surface area contributed by atoms with Gasteiger partial charge in [-0.3, -0.25) is 9.59 Å². The van der Waals surface area contributed by atoms with Crippen molar-refractivity contribution in [1.82, 2.24) is 10.2 Å². The Kier molecular flexibility index (Phi) is 5.70. The molecular formula is C20H25N3O2. The molecule has 25 heavy (non-hydrogen) atoms. The summed E-state index contributed by atoms with van der Waals surface area (Å²) >= 11 is 0. The lowest BCUT2D eigenvalue weighted by Crippen LogP contribution is -2.46. The standard InChI is InChI=1S/C20H25N3O2/c21-14-17-12-7-13-23(17)20(25)18(15-8-3-1-4-9-15)22-19(24)16-10-5-2-6-11-16/h1,3-4,8-9,16-18H,2,5-7,10-13H2,(H,22,24)/t17-,18-/m0/s1. The van der Waals surface area contributed by atoms with Gasteiger partial charge in [0.25, 0.3) is 5.91 Å². The molecule has 5 heteroatoms. The smallest absolute Gasteiger partial charge is 0.250 e. The number of hydrogen-bond acceptors (Lipinski definition) is 3. The second-order valence-electron chi connectivity index (χ2n) is 7.01. The van der Waals surface area contributed by atoms with Gasteiger partial charge in [0.1, 0.15) is 12.1 Å². The third-order valence-corrected chi connectivity index (χ3v) is 5.33. The average Bonchev–Trinajstić information content (AvgIpc) is 3.15. The highest BCUT2D eigenvalue weighted by molar-refractivity contribution is 5.90. The summed E-state index contributed by atoms with van der Waals surface area (Å²) in [5.41, 5.74) is 0.778. The van der Waals surface area contributed by atoms with E-state index in [0.717, 1.165) is 37.7 Å². The van der Waals surface area contributed by atoms with Crippen molar-refractivity contribution in [2.45, 2.75) is 57.0 Å². The Morgan fingerprint density at radius 2 is 1.80 bits per heavy atom. The number of likely N-dealkylation sites (tertiary alicyclic amines) is 1. The molecule has 1 saturated heterocycles. The number of nitrogens with one attached hydrogen (secondary N) is 1. The number of benzene rings is 1. The molecule has 1 aliphatic heterocycles. The van der Waals surface area contributed by atoms with Crippen LogP contribution in [0.5, 0.6) is 0 Å². The summed E-state index contributed by atoms with van der Waals surface area (Å²) in [5, 5.41) is 12.3. The van der Waals surface area contributed by atoms with Crippen LogP contribution in [0.4, 0.5) is 0 Å². The van der Waals surface area contributed by atoms with Gasteiger partial charge in [0.05, 0.1) is 6.07 Å². The van der Waals surface area contributed by atoms with Gasteiger partial charge in [-0.25, -0.2) is 0 Å². The number of rotatable bonds is 4. The molecule has 1 aliphatic carbocycles. The van der Waals surface area contributed by atoms with Gasteiger partial charge in [-0.2, -0.15) is 5.26 Å². The summed E-state index contributed by atoms with van der Waals surface area (Å²) in [6, 6.07) is 10.5. The quantitative estimate of drug-likeness (QED) is 0.916. The van der Waals surface area contributed by atoms with E-state index in [1.807, 2.05) is 30.3 Å². The first-order valence-electron chi connectivity index (χ1n) is 9.26. The Morgan fingerprint density at radius 1 is 1.08 bits per heavy atom. The highest BCUT2D eigenvalue weighted by atomic mass is 16.2. The molecule has 0 unspecified atom stereocenters. The Morgan fingerprint density at radius 3 is 2.48 bits per heavy atom. The maximum atomic E-state index is 13.1. The molecule has 0 radical (unpaired) electrons. The normalized spacial score (nSPS) is 22.2. The molecule has 2 atom stereocenters. The zero-order valence-electron chi connectivity index (χ0n) is 14.5. The molecule has 1 heterocycles. The minimum absolute atomic E-state index is 0.00176. The fourth-order valence-electron chi connectivity index (χ4n) is 3.89. The van der Waals surface area contributed by atoms with E-state index in [2.05, 4.69) is 11.4 Å². The van der Waals surface area contributed by atoms with Crippen LogP contribution >= 0.6 is 0 Å². The molecule has 3 rings (SSSR count). The van der Waals surface area contributed by atoms with Crippen molar-refractivity contribution in [2.75, 3.05) is 6.54 Å². The molecule has 1 saturated carbocycles. The van der Waals surface area contributed by atoms with Gasteiger partial charge in [0, 0.05) is 12.5 Å². The topological polar surface area (TPSA) is 73.2 Å². The Bertz CT molecular complexity index is 647. The molecule has 1 N–H and O–H groups in total. The summed E-state index contributed by atoms with van der Waals surface area (Å²) in [5.74, 6) is -0.202. The molecule has 0 bridgehead atoms. The molecule has 0 aromatic heterocycles. The van der Waals surface area contributed by atoms with Crippen LogP contribution in [0.15, 0.2) is 30.3 Å². The minimum Gasteiger partial charge on any atom is -0.340 e. The molecule has 2 amide bonds. The summed E-state index contributed by atoms with van der Waals surface area (Å²) < 4.78 is 0. The SMILES string of the molecule is N#C[C@@H]1CCCN1C(=O)[C@@H](NC(=O)C1CCCCC1)c1ccccc1. The summed E-state index contributed by atoms with van der Waals surface area (Å²) in [7, 11) is 0. The van der Waals surface area contributed by atoms with Crippen molar-refractivity contribution >= 4 is 11.8 Å². The Labute approximate surface area is 149 Å². The molecule has 2 aliphatic rings. The average molecular weight is 339 g/mol. The molecule has 1 aromatic rings. The largest absolute Gasteiger partial charge is 0.340 e. The van der Waals surface area contributed by atoms with Gasteiger partial charge in [-0.05, 0) is 31.2 Å². The number of amides is 2. The first-order chi connectivity index (χ1) is 12.2. The molecule has 1 aromatic carbocycles. The van der Waals surface area contributed by atoms with Gasteiger partial charge >= 0.3 is 0 Å². The van der Waals surface area contributed by atoms with Crippen LogP contribution < -0.4 is 5.32 Å². The Balaban J connectivity index is 1.79. The van der Waals surface area contributed by atoms with Gasteiger partial charge in [0.2, 0.25) is 5.91 Å². The lowest BCUT2D eigenvalue weighted by molar-refractivity contribution is -0.138. The summed E-state index contributed by atoms with van der Waals surface area (Å²) in [6.07, 6.45) is 6.66. The number of nitrogens with zero attached hydrogens (tertiary/aromatic N) is 2. The van der Waals surface area contributed by atoms with Gasteiger partial charge < -0.3 is 10.2 Å². The molecule has 5 nitrogen and oxygen atoms in total. The van der Waals surface area contributed by atoms with Gasteiger partial charge in [-0.1, -0.05) is 49.6 Å². The van der Waals surface area contributed by atoms with E-state index >= 15 is 0 Å². The zero-order valence-corrected chi connectivity index (χ0v) is 14.5. The van der Waals surface area contributed by atoms with Crippen LogP contribution in [0.1, 0.15) is 56.6 Å². The second kappa shape index (κ2) is 8.15. The van der Waals surface area contributed by atoms with E-state index in [-0.39, 0.29) is 23.8 Å². The van der Waals surface area contributed by atoms with Crippen LogP contribution in [0.3, 0.4) is 0 Å². The fourth-order valence-corrected chi connectivity index (χ4v) is 3.89. The zero-order chi connectivity index (χ0) is 17.6. The van der Waals surface area contributed by atoms with Crippen molar-refractivity contribution in [3.8, 4) is 6.07 Å². The first-order valence-corrected chi connectivity index (χ1v) is 9.26. The van der Waals surface area contributed by atoms with E-state index < -0.39 is 6.04 Å². The highest BCUT2D eigenvalue weighted by Crippen LogP contribution is 2.27. The molecule has 132 valence electrons. The minimum atomic E-state index is -0.704. The van der Waals surface area contributed by atoms with Crippen molar-refractivity contribution in [1.29, 1.82) is 5.26 Å². The van der Waals surface area contributed by atoms with Crippen molar-refractivity contribution in [3.63, 3.8) is 0 Å². The van der Waals surface area contributed by atoms with Gasteiger partial charge in [0.15, 0.2) is 0 Å². The molecular weight excluding hydrogens is 314 g/mol. The number of carbonyl (C=O) groups is 2. The van der Waals surface area contributed by atoms with Crippen LogP contribution in [0.25, 0.3) is 0 Å². The van der Waals surface area contributed by atoms with Gasteiger partial charge in [-0.15, -0.1) is 0 Å².